The molecule has 10 heteroatoms. The Morgan fingerprint density at radius 2 is 1.59 bits per heavy atom. The van der Waals surface area contributed by atoms with Crippen molar-refractivity contribution in [3.63, 3.8) is 0 Å². The fraction of sp³-hybridized carbons (Fsp3) is 0.259. The Labute approximate surface area is 228 Å². The number of carbonyl (C=O) groups is 2. The molecule has 196 valence electrons. The van der Waals surface area contributed by atoms with Gasteiger partial charge in [-0.25, -0.2) is 8.42 Å². The molecule has 0 aromatic heterocycles. The number of nitrogens with zero attached hydrogens (tertiary/aromatic N) is 2. The van der Waals surface area contributed by atoms with E-state index in [2.05, 4.69) is 5.32 Å². The summed E-state index contributed by atoms with van der Waals surface area (Å²) in [5, 5.41) is 3.67. The van der Waals surface area contributed by atoms with Gasteiger partial charge in [0.25, 0.3) is 10.0 Å². The van der Waals surface area contributed by atoms with Gasteiger partial charge in [-0.2, -0.15) is 0 Å². The Bertz CT molecular complexity index is 1320. The van der Waals surface area contributed by atoms with Crippen LogP contribution in [0.1, 0.15) is 25.8 Å². The minimum atomic E-state index is -4.13. The molecule has 7 nitrogen and oxygen atoms in total. The first kappa shape index (κ1) is 28.5. The van der Waals surface area contributed by atoms with Crippen LogP contribution >= 0.6 is 23.2 Å². The number of carbonyl (C=O) groups excluding carboxylic acids is 2. The van der Waals surface area contributed by atoms with Gasteiger partial charge < -0.3 is 10.2 Å². The Morgan fingerprint density at radius 1 is 0.919 bits per heavy atom. The average molecular weight is 563 g/mol. The second-order valence-electron chi connectivity index (χ2n) is 8.42. The highest BCUT2D eigenvalue weighted by Gasteiger charge is 2.32. The topological polar surface area (TPSA) is 86.8 Å². The molecule has 37 heavy (non-hydrogen) atoms. The number of nitrogens with one attached hydrogen (secondary N) is 1. The van der Waals surface area contributed by atoms with Crippen molar-refractivity contribution >= 4 is 50.7 Å². The molecule has 1 atom stereocenters. The average Bonchev–Trinajstić information content (AvgIpc) is 2.89. The molecule has 3 aromatic carbocycles. The van der Waals surface area contributed by atoms with Crippen LogP contribution in [0.4, 0.5) is 5.69 Å². The normalized spacial score (nSPS) is 12.0. The molecule has 0 aliphatic rings. The Hall–Kier alpha value is -3.07. The highest BCUT2D eigenvalue weighted by molar-refractivity contribution is 7.92. The number of amides is 2. The monoisotopic (exact) mass is 561 g/mol. The van der Waals surface area contributed by atoms with Crippen LogP contribution in [0.5, 0.6) is 0 Å². The van der Waals surface area contributed by atoms with Crippen LogP contribution in [0.25, 0.3) is 0 Å². The van der Waals surface area contributed by atoms with Crippen LogP contribution in [-0.2, 0) is 26.2 Å². The summed E-state index contributed by atoms with van der Waals surface area (Å²) >= 11 is 12.2. The lowest BCUT2D eigenvalue weighted by molar-refractivity contribution is -0.139. The number of rotatable bonds is 11. The summed E-state index contributed by atoms with van der Waals surface area (Å²) in [4.78, 5) is 28.0. The first-order chi connectivity index (χ1) is 17.6. The molecule has 1 N–H and O–H groups in total. The summed E-state index contributed by atoms with van der Waals surface area (Å²) in [6.45, 7) is 3.57. The third kappa shape index (κ3) is 7.47. The number of benzene rings is 3. The summed E-state index contributed by atoms with van der Waals surface area (Å²) in [7, 11) is -4.13. The van der Waals surface area contributed by atoms with Crippen molar-refractivity contribution in [2.45, 2.75) is 37.8 Å². The van der Waals surface area contributed by atoms with Gasteiger partial charge in [0.05, 0.1) is 10.6 Å². The summed E-state index contributed by atoms with van der Waals surface area (Å²) in [5.74, 6) is -0.877. The molecule has 0 bridgehead atoms. The second kappa shape index (κ2) is 12.9. The van der Waals surface area contributed by atoms with Gasteiger partial charge in [0.15, 0.2) is 0 Å². The molecule has 0 aliphatic heterocycles. The minimum Gasteiger partial charge on any atom is -0.354 e. The van der Waals surface area contributed by atoms with E-state index in [-0.39, 0.29) is 23.0 Å². The molecule has 0 fully saturated rings. The van der Waals surface area contributed by atoms with Gasteiger partial charge in [0.1, 0.15) is 12.6 Å². The van der Waals surface area contributed by atoms with E-state index < -0.39 is 28.5 Å². The number of anilines is 1. The molecule has 3 rings (SSSR count). The second-order valence-corrected chi connectivity index (χ2v) is 11.2. The van der Waals surface area contributed by atoms with Crippen molar-refractivity contribution in [1.29, 1.82) is 0 Å². The molecule has 2 amide bonds. The summed E-state index contributed by atoms with van der Waals surface area (Å²) < 4.78 is 28.3. The smallest absolute Gasteiger partial charge is 0.264 e. The maximum absolute atomic E-state index is 13.8. The van der Waals surface area contributed by atoms with E-state index in [1.165, 1.54) is 23.1 Å². The van der Waals surface area contributed by atoms with Crippen LogP contribution < -0.4 is 9.62 Å². The quantitative estimate of drug-likeness (QED) is 0.351. The molecule has 0 radical (unpaired) electrons. The highest BCUT2D eigenvalue weighted by atomic mass is 35.5. The van der Waals surface area contributed by atoms with Crippen LogP contribution in [0.2, 0.25) is 10.0 Å². The number of hydrogen-bond acceptors (Lipinski definition) is 4. The zero-order valence-corrected chi connectivity index (χ0v) is 22.9. The zero-order valence-electron chi connectivity index (χ0n) is 20.6. The van der Waals surface area contributed by atoms with Crippen molar-refractivity contribution < 1.29 is 18.0 Å². The zero-order chi connectivity index (χ0) is 27.0. The number of hydrogen-bond donors (Lipinski definition) is 1. The van der Waals surface area contributed by atoms with Gasteiger partial charge in [-0.3, -0.25) is 13.9 Å². The van der Waals surface area contributed by atoms with E-state index in [1.807, 2.05) is 6.92 Å². The van der Waals surface area contributed by atoms with Gasteiger partial charge in [0, 0.05) is 23.1 Å². The molecule has 0 aliphatic carbocycles. The lowest BCUT2D eigenvalue weighted by atomic mass is 10.1. The summed E-state index contributed by atoms with van der Waals surface area (Å²) in [6.07, 6.45) is 0.738. The van der Waals surface area contributed by atoms with Gasteiger partial charge >= 0.3 is 0 Å². The van der Waals surface area contributed by atoms with E-state index in [0.29, 0.717) is 16.6 Å². The molecular formula is C27H29Cl2N3O4S. The van der Waals surface area contributed by atoms with E-state index in [0.717, 1.165) is 16.3 Å². The molecule has 0 unspecified atom stereocenters. The molecule has 0 spiro atoms. The van der Waals surface area contributed by atoms with Crippen LogP contribution in [-0.4, -0.2) is 44.3 Å². The standard InChI is InChI=1S/C27H29Cl2N3O4S/c1-3-16-30-27(34)20(2)31(18-21-12-14-22(28)15-13-21)26(33)19-32(24-9-7-8-23(29)17-24)37(35,36)25-10-5-4-6-11-25/h4-15,17,20H,3,16,18-19H2,1-2H3,(H,30,34)/t20-/m0/s1. The Kier molecular flexibility index (Phi) is 9.97. The van der Waals surface area contributed by atoms with E-state index in [9.17, 15) is 18.0 Å². The molecule has 3 aromatic rings. The molecular weight excluding hydrogens is 533 g/mol. The van der Waals surface area contributed by atoms with Crippen LogP contribution in [0.3, 0.4) is 0 Å². The lowest BCUT2D eigenvalue weighted by Gasteiger charge is -2.32. The highest BCUT2D eigenvalue weighted by Crippen LogP contribution is 2.27. The van der Waals surface area contributed by atoms with Crippen molar-refractivity contribution in [3.8, 4) is 0 Å². The van der Waals surface area contributed by atoms with Gasteiger partial charge in [-0.05, 0) is 61.4 Å². The predicted molar refractivity (Wildman–Crippen MR) is 147 cm³/mol. The van der Waals surface area contributed by atoms with Crippen LogP contribution in [0, 0.1) is 0 Å². The Morgan fingerprint density at radius 3 is 2.22 bits per heavy atom. The van der Waals surface area contributed by atoms with Gasteiger partial charge in [-0.1, -0.05) is 66.5 Å². The van der Waals surface area contributed by atoms with Gasteiger partial charge in [-0.15, -0.1) is 0 Å². The van der Waals surface area contributed by atoms with Crippen LogP contribution in [0.15, 0.2) is 83.8 Å². The third-order valence-corrected chi connectivity index (χ3v) is 7.96. The molecule has 0 saturated heterocycles. The first-order valence-electron chi connectivity index (χ1n) is 11.8. The fourth-order valence-electron chi connectivity index (χ4n) is 3.64. The summed E-state index contributed by atoms with van der Waals surface area (Å²) in [6, 6.07) is 20.2. The van der Waals surface area contributed by atoms with E-state index in [4.69, 9.17) is 23.2 Å². The lowest BCUT2D eigenvalue weighted by Crippen LogP contribution is -2.51. The third-order valence-electron chi connectivity index (χ3n) is 5.69. The molecule has 0 saturated carbocycles. The minimum absolute atomic E-state index is 0.0285. The number of sulfonamides is 1. The summed E-state index contributed by atoms with van der Waals surface area (Å²) in [5.41, 5.74) is 0.979. The van der Waals surface area contributed by atoms with E-state index in [1.54, 1.807) is 67.6 Å². The van der Waals surface area contributed by atoms with Crippen molar-refractivity contribution in [3.05, 3.63) is 94.5 Å². The fourth-order valence-corrected chi connectivity index (χ4v) is 5.38. The predicted octanol–water partition coefficient (Wildman–Crippen LogP) is 5.13. The van der Waals surface area contributed by atoms with Gasteiger partial charge in [0.2, 0.25) is 11.8 Å². The van der Waals surface area contributed by atoms with Crippen molar-refractivity contribution in [1.82, 2.24) is 10.2 Å². The largest absolute Gasteiger partial charge is 0.354 e. The first-order valence-corrected chi connectivity index (χ1v) is 14.0. The number of halogens is 2. The van der Waals surface area contributed by atoms with Crippen molar-refractivity contribution in [2.75, 3.05) is 17.4 Å². The SMILES string of the molecule is CCCNC(=O)[C@H](C)N(Cc1ccc(Cl)cc1)C(=O)CN(c1cccc(Cl)c1)S(=O)(=O)c1ccccc1. The van der Waals surface area contributed by atoms with Crippen molar-refractivity contribution in [2.24, 2.45) is 0 Å². The van der Waals surface area contributed by atoms with E-state index >= 15 is 0 Å². The Balaban J connectivity index is 2.00. The molecule has 0 heterocycles. The maximum atomic E-state index is 13.8. The maximum Gasteiger partial charge on any atom is 0.264 e.